The van der Waals surface area contributed by atoms with Gasteiger partial charge in [0.1, 0.15) is 0 Å². The minimum absolute atomic E-state index is 0.671. The summed E-state index contributed by atoms with van der Waals surface area (Å²) in [7, 11) is 0. The number of piperidine rings is 1. The Labute approximate surface area is 130 Å². The van der Waals surface area contributed by atoms with Crippen LogP contribution in [0.3, 0.4) is 0 Å². The van der Waals surface area contributed by atoms with E-state index < -0.39 is 0 Å². The van der Waals surface area contributed by atoms with E-state index >= 15 is 0 Å². The zero-order chi connectivity index (χ0) is 14.7. The first-order chi connectivity index (χ1) is 10.3. The highest BCUT2D eigenvalue weighted by atomic mass is 35.5. The fraction of sp³-hybridized carbons (Fsp3) is 0.471. The van der Waals surface area contributed by atoms with Gasteiger partial charge in [-0.15, -0.1) is 0 Å². The van der Waals surface area contributed by atoms with Crippen molar-refractivity contribution in [1.82, 2.24) is 9.88 Å². The normalized spacial score (nSPS) is 19.8. The van der Waals surface area contributed by atoms with Gasteiger partial charge >= 0.3 is 0 Å². The molecular weight excluding hydrogens is 284 g/mol. The SMILES string of the molecule is CCC1CCCCN1Cc1ncc(-c2ccc(Cl)cc2)o1. The summed E-state index contributed by atoms with van der Waals surface area (Å²) < 4.78 is 5.91. The van der Waals surface area contributed by atoms with Crippen LogP contribution in [0.25, 0.3) is 11.3 Å². The highest BCUT2D eigenvalue weighted by Gasteiger charge is 2.22. The molecule has 0 spiro atoms. The molecule has 1 unspecified atom stereocenters. The molecule has 0 radical (unpaired) electrons. The molecule has 1 aliphatic heterocycles. The van der Waals surface area contributed by atoms with Gasteiger partial charge in [-0.05, 0) is 50.1 Å². The highest BCUT2D eigenvalue weighted by Crippen LogP contribution is 2.25. The number of hydrogen-bond donors (Lipinski definition) is 0. The van der Waals surface area contributed by atoms with Crippen molar-refractivity contribution in [2.24, 2.45) is 0 Å². The Bertz CT molecular complexity index is 579. The number of hydrogen-bond acceptors (Lipinski definition) is 3. The lowest BCUT2D eigenvalue weighted by molar-refractivity contribution is 0.124. The largest absolute Gasteiger partial charge is 0.439 e. The summed E-state index contributed by atoms with van der Waals surface area (Å²) in [6, 6.07) is 8.34. The van der Waals surface area contributed by atoms with E-state index in [0.29, 0.717) is 6.04 Å². The van der Waals surface area contributed by atoms with Gasteiger partial charge in [-0.3, -0.25) is 4.90 Å². The van der Waals surface area contributed by atoms with Crippen molar-refractivity contribution in [2.45, 2.75) is 45.2 Å². The fourth-order valence-electron chi connectivity index (χ4n) is 3.04. The van der Waals surface area contributed by atoms with Gasteiger partial charge in [0.15, 0.2) is 5.76 Å². The molecule has 3 nitrogen and oxygen atoms in total. The molecule has 1 saturated heterocycles. The predicted molar refractivity (Wildman–Crippen MR) is 85.3 cm³/mol. The molecule has 0 saturated carbocycles. The third-order valence-corrected chi connectivity index (χ3v) is 4.49. The summed E-state index contributed by atoms with van der Waals surface area (Å²) in [5.41, 5.74) is 1.02. The number of halogens is 1. The molecule has 1 aromatic heterocycles. The van der Waals surface area contributed by atoms with E-state index in [-0.39, 0.29) is 0 Å². The van der Waals surface area contributed by atoms with Gasteiger partial charge in [0.25, 0.3) is 0 Å². The minimum Gasteiger partial charge on any atom is -0.439 e. The first-order valence-corrected chi connectivity index (χ1v) is 8.08. The maximum atomic E-state index is 5.91. The van der Waals surface area contributed by atoms with Crippen LogP contribution in [0.2, 0.25) is 5.02 Å². The number of aromatic nitrogens is 1. The molecule has 2 heterocycles. The number of nitrogens with zero attached hydrogens (tertiary/aromatic N) is 2. The Balaban J connectivity index is 1.71. The average Bonchev–Trinajstić information content (AvgIpc) is 2.97. The van der Waals surface area contributed by atoms with Crippen molar-refractivity contribution in [3.63, 3.8) is 0 Å². The van der Waals surface area contributed by atoms with Crippen LogP contribution in [0.1, 0.15) is 38.5 Å². The maximum absolute atomic E-state index is 5.91. The third-order valence-electron chi connectivity index (χ3n) is 4.24. The van der Waals surface area contributed by atoms with Crippen molar-refractivity contribution in [2.75, 3.05) is 6.54 Å². The third kappa shape index (κ3) is 3.47. The summed E-state index contributed by atoms with van der Waals surface area (Å²) in [5.74, 6) is 1.62. The van der Waals surface area contributed by atoms with E-state index in [2.05, 4.69) is 16.8 Å². The lowest BCUT2D eigenvalue weighted by Gasteiger charge is -2.34. The van der Waals surface area contributed by atoms with Gasteiger partial charge in [-0.1, -0.05) is 24.9 Å². The second-order valence-corrected chi connectivity index (χ2v) is 6.09. The van der Waals surface area contributed by atoms with Crippen LogP contribution >= 0.6 is 11.6 Å². The summed E-state index contributed by atoms with van der Waals surface area (Å²) in [6.07, 6.45) is 6.92. The van der Waals surface area contributed by atoms with E-state index in [9.17, 15) is 0 Å². The van der Waals surface area contributed by atoms with Crippen LogP contribution in [0.4, 0.5) is 0 Å². The smallest absolute Gasteiger partial charge is 0.209 e. The first-order valence-electron chi connectivity index (χ1n) is 7.71. The molecule has 0 N–H and O–H groups in total. The summed E-state index contributed by atoms with van der Waals surface area (Å²) in [5, 5.41) is 0.734. The van der Waals surface area contributed by atoms with E-state index in [1.165, 1.54) is 25.7 Å². The second kappa shape index (κ2) is 6.63. The van der Waals surface area contributed by atoms with Crippen LogP contribution in [0, 0.1) is 0 Å². The van der Waals surface area contributed by atoms with Crippen LogP contribution in [-0.4, -0.2) is 22.5 Å². The van der Waals surface area contributed by atoms with Crippen molar-refractivity contribution in [3.8, 4) is 11.3 Å². The standard InChI is InChI=1S/C17H21ClN2O/c1-2-15-5-3-4-10-20(15)12-17-19-11-16(21-17)13-6-8-14(18)9-7-13/h6-9,11,15H,2-5,10,12H2,1H3. The summed E-state index contributed by atoms with van der Waals surface area (Å²) in [6.45, 7) is 4.22. The summed E-state index contributed by atoms with van der Waals surface area (Å²) >= 11 is 5.91. The van der Waals surface area contributed by atoms with E-state index in [1.54, 1.807) is 0 Å². The topological polar surface area (TPSA) is 29.3 Å². The Kier molecular flexibility index (Phi) is 4.61. The molecule has 0 aliphatic carbocycles. The monoisotopic (exact) mass is 304 g/mol. The lowest BCUT2D eigenvalue weighted by atomic mass is 10.0. The van der Waals surface area contributed by atoms with Crippen LogP contribution in [-0.2, 0) is 6.54 Å². The zero-order valence-electron chi connectivity index (χ0n) is 12.4. The quantitative estimate of drug-likeness (QED) is 0.815. The lowest BCUT2D eigenvalue weighted by Crippen LogP contribution is -2.38. The van der Waals surface area contributed by atoms with Crippen LogP contribution in [0.5, 0.6) is 0 Å². The van der Waals surface area contributed by atoms with E-state index in [1.807, 2.05) is 30.5 Å². The number of benzene rings is 1. The Morgan fingerprint density at radius 3 is 2.86 bits per heavy atom. The van der Waals surface area contributed by atoms with Crippen molar-refractivity contribution < 1.29 is 4.42 Å². The van der Waals surface area contributed by atoms with Gasteiger partial charge in [-0.2, -0.15) is 0 Å². The summed E-state index contributed by atoms with van der Waals surface area (Å²) in [4.78, 5) is 6.94. The molecule has 1 atom stereocenters. The van der Waals surface area contributed by atoms with Gasteiger partial charge in [-0.25, -0.2) is 4.98 Å². The minimum atomic E-state index is 0.671. The molecule has 1 aromatic carbocycles. The molecule has 3 rings (SSSR count). The average molecular weight is 305 g/mol. The van der Waals surface area contributed by atoms with Gasteiger partial charge in [0.05, 0.1) is 12.7 Å². The van der Waals surface area contributed by atoms with Crippen molar-refractivity contribution >= 4 is 11.6 Å². The Morgan fingerprint density at radius 2 is 2.10 bits per heavy atom. The molecular formula is C17H21ClN2O. The first kappa shape index (κ1) is 14.6. The molecule has 0 bridgehead atoms. The predicted octanol–water partition coefficient (Wildman–Crippen LogP) is 4.76. The van der Waals surface area contributed by atoms with Gasteiger partial charge in [0, 0.05) is 16.6 Å². The maximum Gasteiger partial charge on any atom is 0.209 e. The molecule has 1 fully saturated rings. The molecule has 1 aliphatic rings. The van der Waals surface area contributed by atoms with E-state index in [0.717, 1.165) is 35.3 Å². The second-order valence-electron chi connectivity index (χ2n) is 5.65. The number of rotatable bonds is 4. The molecule has 0 amide bonds. The van der Waals surface area contributed by atoms with Gasteiger partial charge < -0.3 is 4.42 Å². The molecule has 4 heteroatoms. The van der Waals surface area contributed by atoms with Crippen LogP contribution in [0.15, 0.2) is 34.9 Å². The number of likely N-dealkylation sites (tertiary alicyclic amines) is 1. The van der Waals surface area contributed by atoms with Crippen molar-refractivity contribution in [3.05, 3.63) is 41.4 Å². The highest BCUT2D eigenvalue weighted by molar-refractivity contribution is 6.30. The Morgan fingerprint density at radius 1 is 1.29 bits per heavy atom. The molecule has 2 aromatic rings. The van der Waals surface area contributed by atoms with Crippen molar-refractivity contribution in [1.29, 1.82) is 0 Å². The fourth-order valence-corrected chi connectivity index (χ4v) is 3.16. The molecule has 112 valence electrons. The Hall–Kier alpha value is -1.32. The van der Waals surface area contributed by atoms with E-state index in [4.69, 9.17) is 16.0 Å². The number of oxazole rings is 1. The zero-order valence-corrected chi connectivity index (χ0v) is 13.1. The van der Waals surface area contributed by atoms with Crippen LogP contribution < -0.4 is 0 Å². The van der Waals surface area contributed by atoms with Gasteiger partial charge in [0.2, 0.25) is 5.89 Å². The molecule has 21 heavy (non-hydrogen) atoms.